The smallest absolute Gasteiger partial charge is 0.340 e. The Morgan fingerprint density at radius 2 is 2.04 bits per heavy atom. The van der Waals surface area contributed by atoms with Crippen molar-refractivity contribution >= 4 is 17.0 Å². The van der Waals surface area contributed by atoms with E-state index in [1.165, 1.54) is 0 Å². The Labute approximate surface area is 134 Å². The van der Waals surface area contributed by atoms with Gasteiger partial charge in [-0.25, -0.2) is 9.78 Å². The molecule has 3 aromatic rings. The number of fused-ring (bicyclic) bond motifs is 1. The normalized spacial score (nSPS) is 11.0. The molecule has 0 aromatic carbocycles. The predicted molar refractivity (Wildman–Crippen MR) is 87.2 cm³/mol. The molecule has 0 bridgehead atoms. The molecule has 3 heterocycles. The lowest BCUT2D eigenvalue weighted by molar-refractivity contribution is 0.0526. The van der Waals surface area contributed by atoms with Crippen molar-refractivity contribution in [1.29, 1.82) is 0 Å². The van der Waals surface area contributed by atoms with Crippen LogP contribution in [-0.2, 0) is 11.8 Å². The third-order valence-corrected chi connectivity index (χ3v) is 3.71. The Morgan fingerprint density at radius 3 is 2.74 bits per heavy atom. The van der Waals surface area contributed by atoms with Gasteiger partial charge in [-0.1, -0.05) is 0 Å². The zero-order valence-corrected chi connectivity index (χ0v) is 13.6. The van der Waals surface area contributed by atoms with Crippen LogP contribution in [0.15, 0.2) is 24.7 Å². The molecule has 0 radical (unpaired) electrons. The highest BCUT2D eigenvalue weighted by Crippen LogP contribution is 2.33. The first-order chi connectivity index (χ1) is 11.0. The zero-order valence-electron chi connectivity index (χ0n) is 13.6. The van der Waals surface area contributed by atoms with Crippen molar-refractivity contribution in [3.8, 4) is 11.1 Å². The van der Waals surface area contributed by atoms with Gasteiger partial charge in [0.15, 0.2) is 5.65 Å². The number of carbonyl (C=O) groups excluding carboxylic acids is 1. The number of pyridine rings is 2. The molecule has 118 valence electrons. The van der Waals surface area contributed by atoms with Crippen molar-refractivity contribution in [2.75, 3.05) is 6.61 Å². The molecule has 0 saturated heterocycles. The van der Waals surface area contributed by atoms with E-state index >= 15 is 0 Å². The van der Waals surface area contributed by atoms with Gasteiger partial charge in [-0.2, -0.15) is 5.10 Å². The fraction of sp³-hybridized carbons (Fsp3) is 0.294. The quantitative estimate of drug-likeness (QED) is 0.696. The first-order valence-electron chi connectivity index (χ1n) is 7.44. The van der Waals surface area contributed by atoms with Crippen LogP contribution in [-0.4, -0.2) is 32.3 Å². The van der Waals surface area contributed by atoms with Gasteiger partial charge in [0.1, 0.15) is 0 Å². The summed E-state index contributed by atoms with van der Waals surface area (Å²) in [5.41, 5.74) is 4.47. The number of aryl methyl sites for hydroxylation is 3. The second kappa shape index (κ2) is 5.79. The van der Waals surface area contributed by atoms with E-state index in [0.29, 0.717) is 17.9 Å². The molecule has 0 spiro atoms. The van der Waals surface area contributed by atoms with Gasteiger partial charge < -0.3 is 4.74 Å². The van der Waals surface area contributed by atoms with E-state index in [9.17, 15) is 4.79 Å². The Morgan fingerprint density at radius 1 is 1.26 bits per heavy atom. The molecule has 23 heavy (non-hydrogen) atoms. The Bertz CT molecular complexity index is 899. The van der Waals surface area contributed by atoms with E-state index in [2.05, 4.69) is 15.1 Å². The lowest BCUT2D eigenvalue weighted by Crippen LogP contribution is -2.11. The maximum Gasteiger partial charge on any atom is 0.340 e. The average molecular weight is 310 g/mol. The van der Waals surface area contributed by atoms with Gasteiger partial charge in [0.25, 0.3) is 0 Å². The van der Waals surface area contributed by atoms with Crippen LogP contribution in [0, 0.1) is 13.8 Å². The monoisotopic (exact) mass is 310 g/mol. The summed E-state index contributed by atoms with van der Waals surface area (Å²) in [5.74, 6) is -0.375. The molecule has 6 heteroatoms. The van der Waals surface area contributed by atoms with Crippen LogP contribution in [0.4, 0.5) is 0 Å². The molecule has 3 aromatic heterocycles. The van der Waals surface area contributed by atoms with Gasteiger partial charge in [-0.15, -0.1) is 0 Å². The van der Waals surface area contributed by atoms with E-state index in [1.807, 2.05) is 27.0 Å². The van der Waals surface area contributed by atoms with Gasteiger partial charge in [0, 0.05) is 36.0 Å². The van der Waals surface area contributed by atoms with E-state index < -0.39 is 0 Å². The lowest BCUT2D eigenvalue weighted by Gasteiger charge is -2.13. The molecule has 0 saturated carbocycles. The van der Waals surface area contributed by atoms with Gasteiger partial charge in [0.05, 0.1) is 24.1 Å². The molecule has 0 atom stereocenters. The predicted octanol–water partition coefficient (Wildman–Crippen LogP) is 2.82. The van der Waals surface area contributed by atoms with Crippen LogP contribution >= 0.6 is 0 Å². The summed E-state index contributed by atoms with van der Waals surface area (Å²) in [6.07, 6.45) is 5.25. The zero-order chi connectivity index (χ0) is 16.6. The first-order valence-corrected chi connectivity index (χ1v) is 7.44. The summed E-state index contributed by atoms with van der Waals surface area (Å²) >= 11 is 0. The van der Waals surface area contributed by atoms with Crippen molar-refractivity contribution in [3.05, 3.63) is 41.5 Å². The van der Waals surface area contributed by atoms with Gasteiger partial charge >= 0.3 is 5.97 Å². The molecular formula is C17H18N4O2. The number of nitrogens with zero attached hydrogens (tertiary/aromatic N) is 4. The summed E-state index contributed by atoms with van der Waals surface area (Å²) in [6.45, 7) is 5.88. The Balaban J connectivity index is 2.39. The van der Waals surface area contributed by atoms with Crippen LogP contribution in [0.5, 0.6) is 0 Å². The van der Waals surface area contributed by atoms with Crippen LogP contribution < -0.4 is 0 Å². The Kier molecular flexibility index (Phi) is 3.82. The number of rotatable bonds is 3. The molecule has 0 aliphatic carbocycles. The third-order valence-electron chi connectivity index (χ3n) is 3.71. The van der Waals surface area contributed by atoms with Crippen molar-refractivity contribution in [2.45, 2.75) is 20.8 Å². The van der Waals surface area contributed by atoms with Crippen LogP contribution in [0.3, 0.4) is 0 Å². The highest BCUT2D eigenvalue weighted by molar-refractivity contribution is 6.07. The maximum absolute atomic E-state index is 12.5. The number of esters is 1. The van der Waals surface area contributed by atoms with Crippen LogP contribution in [0.25, 0.3) is 22.2 Å². The average Bonchev–Trinajstić information content (AvgIpc) is 2.87. The van der Waals surface area contributed by atoms with E-state index in [1.54, 1.807) is 30.2 Å². The summed E-state index contributed by atoms with van der Waals surface area (Å²) in [4.78, 5) is 21.3. The molecule has 3 rings (SSSR count). The fourth-order valence-corrected chi connectivity index (χ4v) is 2.71. The number of hydrogen-bond acceptors (Lipinski definition) is 5. The standard InChI is InChI=1S/C17H18N4O2/c1-5-23-17(22)14-11(3)20-16-13(9-19-21(16)4)15(14)12-6-10(2)7-18-8-12/h6-9H,5H2,1-4H3. The summed E-state index contributed by atoms with van der Waals surface area (Å²) in [7, 11) is 1.83. The van der Waals surface area contributed by atoms with E-state index in [0.717, 1.165) is 27.7 Å². The van der Waals surface area contributed by atoms with Gasteiger partial charge in [-0.05, 0) is 32.4 Å². The maximum atomic E-state index is 12.5. The second-order valence-electron chi connectivity index (χ2n) is 5.42. The fourth-order valence-electron chi connectivity index (χ4n) is 2.71. The van der Waals surface area contributed by atoms with Gasteiger partial charge in [0.2, 0.25) is 0 Å². The van der Waals surface area contributed by atoms with Crippen molar-refractivity contribution in [1.82, 2.24) is 19.7 Å². The topological polar surface area (TPSA) is 69.9 Å². The third kappa shape index (κ3) is 2.56. The number of ether oxygens (including phenoxy) is 1. The first kappa shape index (κ1) is 15.1. The molecule has 0 aliphatic heterocycles. The van der Waals surface area contributed by atoms with E-state index in [4.69, 9.17) is 4.74 Å². The summed E-state index contributed by atoms with van der Waals surface area (Å²) in [6, 6.07) is 2.00. The molecule has 0 amide bonds. The van der Waals surface area contributed by atoms with Crippen molar-refractivity contribution in [3.63, 3.8) is 0 Å². The minimum absolute atomic E-state index is 0.314. The molecule has 0 unspecified atom stereocenters. The molecule has 0 N–H and O–H groups in total. The highest BCUT2D eigenvalue weighted by Gasteiger charge is 2.23. The molecule has 0 aliphatic rings. The minimum atomic E-state index is -0.375. The molecule has 0 fully saturated rings. The van der Waals surface area contributed by atoms with Crippen molar-refractivity contribution in [2.24, 2.45) is 7.05 Å². The molecule has 6 nitrogen and oxygen atoms in total. The highest BCUT2D eigenvalue weighted by atomic mass is 16.5. The van der Waals surface area contributed by atoms with Gasteiger partial charge in [-0.3, -0.25) is 9.67 Å². The Hall–Kier alpha value is -2.76. The van der Waals surface area contributed by atoms with Crippen LogP contribution in [0.2, 0.25) is 0 Å². The largest absolute Gasteiger partial charge is 0.462 e. The van der Waals surface area contributed by atoms with Crippen LogP contribution in [0.1, 0.15) is 28.5 Å². The summed E-state index contributed by atoms with van der Waals surface area (Å²) < 4.78 is 6.93. The number of aromatic nitrogens is 4. The van der Waals surface area contributed by atoms with E-state index in [-0.39, 0.29) is 5.97 Å². The van der Waals surface area contributed by atoms with Crippen molar-refractivity contribution < 1.29 is 9.53 Å². The molecular weight excluding hydrogens is 292 g/mol. The SMILES string of the molecule is CCOC(=O)c1c(C)nc2c(cnn2C)c1-c1cncc(C)c1. The lowest BCUT2D eigenvalue weighted by atomic mass is 9.97. The number of hydrogen-bond donors (Lipinski definition) is 0. The minimum Gasteiger partial charge on any atom is -0.462 e. The summed E-state index contributed by atoms with van der Waals surface area (Å²) in [5, 5.41) is 5.09. The number of carbonyl (C=O) groups is 1. The second-order valence-corrected chi connectivity index (χ2v) is 5.42.